The molecule has 0 bridgehead atoms. The van der Waals surface area contributed by atoms with Crippen LogP contribution in [0.3, 0.4) is 0 Å². The Hall–Kier alpha value is -2.51. The lowest BCUT2D eigenvalue weighted by atomic mass is 10.1. The zero-order valence-electron chi connectivity index (χ0n) is 13.6. The molecule has 2 aromatic rings. The molecule has 2 rings (SSSR count). The maximum absolute atomic E-state index is 12.3. The first-order valence-electron chi connectivity index (χ1n) is 7.24. The summed E-state index contributed by atoms with van der Waals surface area (Å²) in [4.78, 5) is 29.4. The summed E-state index contributed by atoms with van der Waals surface area (Å²) in [6.45, 7) is 0.118. The van der Waals surface area contributed by atoms with Crippen LogP contribution in [0.1, 0.15) is 15.9 Å². The number of amides is 3. The lowest BCUT2D eigenvalue weighted by molar-refractivity contribution is 0.0951. The summed E-state index contributed by atoms with van der Waals surface area (Å²) in [5.41, 5.74) is 6.98. The fourth-order valence-corrected chi connectivity index (χ4v) is 2.43. The lowest BCUT2D eigenvalue weighted by Crippen LogP contribution is -2.29. The molecule has 25 heavy (non-hydrogen) atoms. The third-order valence-electron chi connectivity index (χ3n) is 3.31. The number of hydrogen-bond donors (Lipinski definition) is 3. The number of nitrogens with one attached hydrogen (secondary N) is 2. The van der Waals surface area contributed by atoms with Gasteiger partial charge in [-0.15, -0.1) is 0 Å². The van der Waals surface area contributed by atoms with E-state index in [1.54, 1.807) is 32.3 Å². The number of benzene rings is 1. The van der Waals surface area contributed by atoms with Gasteiger partial charge in [0.05, 0.1) is 5.02 Å². The van der Waals surface area contributed by atoms with Gasteiger partial charge in [0, 0.05) is 37.5 Å². The van der Waals surface area contributed by atoms with Gasteiger partial charge >= 0.3 is 6.03 Å². The predicted molar refractivity (Wildman–Crippen MR) is 99.0 cm³/mol. The van der Waals surface area contributed by atoms with Crippen molar-refractivity contribution in [3.8, 4) is 0 Å². The van der Waals surface area contributed by atoms with E-state index in [0.717, 1.165) is 0 Å². The van der Waals surface area contributed by atoms with Crippen LogP contribution >= 0.6 is 23.2 Å². The average molecular weight is 382 g/mol. The molecule has 7 nitrogen and oxygen atoms in total. The van der Waals surface area contributed by atoms with E-state index < -0.39 is 5.91 Å². The molecule has 132 valence electrons. The Bertz CT molecular complexity index is 791. The third kappa shape index (κ3) is 4.74. The first-order chi connectivity index (χ1) is 11.8. The molecule has 9 heteroatoms. The Morgan fingerprint density at radius 3 is 2.60 bits per heavy atom. The van der Waals surface area contributed by atoms with Crippen molar-refractivity contribution in [2.45, 2.75) is 6.54 Å². The minimum atomic E-state index is -0.472. The van der Waals surface area contributed by atoms with Crippen LogP contribution in [-0.2, 0) is 6.54 Å². The number of rotatable bonds is 4. The van der Waals surface area contributed by atoms with Crippen molar-refractivity contribution < 1.29 is 9.59 Å². The average Bonchev–Trinajstić information content (AvgIpc) is 2.54. The third-order valence-corrected chi connectivity index (χ3v) is 3.86. The first-order valence-corrected chi connectivity index (χ1v) is 8.00. The van der Waals surface area contributed by atoms with Gasteiger partial charge in [-0.3, -0.25) is 4.79 Å². The molecule has 3 amide bonds. The molecule has 0 fully saturated rings. The van der Waals surface area contributed by atoms with E-state index >= 15 is 0 Å². The van der Waals surface area contributed by atoms with Crippen LogP contribution < -0.4 is 16.4 Å². The second-order valence-corrected chi connectivity index (χ2v) is 6.21. The second kappa shape index (κ2) is 8.04. The summed E-state index contributed by atoms with van der Waals surface area (Å²) in [6, 6.07) is 6.15. The lowest BCUT2D eigenvalue weighted by Gasteiger charge is -2.16. The number of nitrogen functional groups attached to an aromatic ring is 1. The van der Waals surface area contributed by atoms with Crippen molar-refractivity contribution in [1.29, 1.82) is 0 Å². The van der Waals surface area contributed by atoms with Crippen molar-refractivity contribution in [3.63, 3.8) is 0 Å². The molecule has 0 aliphatic rings. The van der Waals surface area contributed by atoms with Crippen LogP contribution in [0.5, 0.6) is 0 Å². The second-order valence-electron chi connectivity index (χ2n) is 5.36. The number of nitrogens with two attached hydrogens (primary N) is 1. The van der Waals surface area contributed by atoms with E-state index in [9.17, 15) is 9.59 Å². The van der Waals surface area contributed by atoms with E-state index in [1.807, 2.05) is 0 Å². The first kappa shape index (κ1) is 18.8. The van der Waals surface area contributed by atoms with E-state index in [0.29, 0.717) is 16.3 Å². The molecule has 0 saturated heterocycles. The molecule has 0 aliphatic carbocycles. The number of hydrogen-bond acceptors (Lipinski definition) is 4. The molecule has 0 radical (unpaired) electrons. The standard InChI is InChI=1S/C16H17Cl2N5O2/c1-23(2)16(25)22-12-4-3-10(17)7-9(12)8-21-15(24)13-11(18)5-6-20-14(13)19/h3-7H,8H2,1-2H3,(H2,19,20)(H,21,24)(H,22,25). The molecule has 0 unspecified atom stereocenters. The van der Waals surface area contributed by atoms with Gasteiger partial charge in [-0.25, -0.2) is 9.78 Å². The molecule has 1 aromatic heterocycles. The van der Waals surface area contributed by atoms with Crippen molar-refractivity contribution in [3.05, 3.63) is 51.6 Å². The van der Waals surface area contributed by atoms with Crippen molar-refractivity contribution >= 4 is 46.6 Å². The van der Waals surface area contributed by atoms with Crippen LogP contribution in [0, 0.1) is 0 Å². The number of aromatic nitrogens is 1. The van der Waals surface area contributed by atoms with Crippen LogP contribution in [-0.4, -0.2) is 35.9 Å². The van der Waals surface area contributed by atoms with Gasteiger partial charge in [0.1, 0.15) is 11.4 Å². The van der Waals surface area contributed by atoms with Crippen LogP contribution in [0.15, 0.2) is 30.5 Å². The molecule has 0 spiro atoms. The monoisotopic (exact) mass is 381 g/mol. The highest BCUT2D eigenvalue weighted by Gasteiger charge is 2.16. The van der Waals surface area contributed by atoms with Gasteiger partial charge in [0.15, 0.2) is 0 Å². The van der Waals surface area contributed by atoms with Crippen molar-refractivity contribution in [1.82, 2.24) is 15.2 Å². The van der Waals surface area contributed by atoms with Gasteiger partial charge in [0.25, 0.3) is 5.91 Å². The topological polar surface area (TPSA) is 100 Å². The van der Waals surface area contributed by atoms with E-state index in [1.165, 1.54) is 17.2 Å². The Labute approximate surface area is 155 Å². The fraction of sp³-hybridized carbons (Fsp3) is 0.188. The van der Waals surface area contributed by atoms with Gasteiger partial charge < -0.3 is 21.3 Å². The highest BCUT2D eigenvalue weighted by atomic mass is 35.5. The largest absolute Gasteiger partial charge is 0.383 e. The van der Waals surface area contributed by atoms with Crippen molar-refractivity contribution in [2.24, 2.45) is 0 Å². The maximum Gasteiger partial charge on any atom is 0.321 e. The van der Waals surface area contributed by atoms with E-state index in [2.05, 4.69) is 15.6 Å². The SMILES string of the molecule is CN(C)C(=O)Nc1ccc(Cl)cc1CNC(=O)c1c(Cl)ccnc1N. The minimum absolute atomic E-state index is 0.0391. The highest BCUT2D eigenvalue weighted by molar-refractivity contribution is 6.34. The number of anilines is 2. The van der Waals surface area contributed by atoms with E-state index in [4.69, 9.17) is 28.9 Å². The van der Waals surface area contributed by atoms with Crippen LogP contribution in [0.2, 0.25) is 10.0 Å². The zero-order valence-corrected chi connectivity index (χ0v) is 15.1. The quantitative estimate of drug-likeness (QED) is 0.757. The van der Waals surface area contributed by atoms with Gasteiger partial charge in [0.2, 0.25) is 0 Å². The number of nitrogens with zero attached hydrogens (tertiary/aromatic N) is 2. The molecule has 1 heterocycles. The minimum Gasteiger partial charge on any atom is -0.383 e. The van der Waals surface area contributed by atoms with Gasteiger partial charge in [-0.2, -0.15) is 0 Å². The Morgan fingerprint density at radius 1 is 1.24 bits per heavy atom. The number of halogens is 2. The molecular formula is C16H17Cl2N5O2. The summed E-state index contributed by atoms with van der Waals surface area (Å²) in [6.07, 6.45) is 1.42. The Kier molecular flexibility index (Phi) is 6.06. The van der Waals surface area contributed by atoms with Gasteiger partial charge in [-0.1, -0.05) is 23.2 Å². The number of carbonyl (C=O) groups is 2. The number of pyridine rings is 1. The zero-order chi connectivity index (χ0) is 18.6. The highest BCUT2D eigenvalue weighted by Crippen LogP contribution is 2.23. The van der Waals surface area contributed by atoms with Crippen molar-refractivity contribution in [2.75, 3.05) is 25.1 Å². The molecular weight excluding hydrogens is 365 g/mol. The Balaban J connectivity index is 2.18. The van der Waals surface area contributed by atoms with Crippen LogP contribution in [0.4, 0.5) is 16.3 Å². The van der Waals surface area contributed by atoms with Crippen LogP contribution in [0.25, 0.3) is 0 Å². The summed E-state index contributed by atoms with van der Waals surface area (Å²) in [5, 5.41) is 6.12. The molecule has 0 atom stereocenters. The predicted octanol–water partition coefficient (Wildman–Crippen LogP) is 2.99. The molecule has 1 aromatic carbocycles. The number of urea groups is 1. The molecule has 0 aliphatic heterocycles. The summed E-state index contributed by atoms with van der Waals surface area (Å²) < 4.78 is 0. The summed E-state index contributed by atoms with van der Waals surface area (Å²) in [7, 11) is 3.25. The molecule has 0 saturated carbocycles. The Morgan fingerprint density at radius 2 is 1.96 bits per heavy atom. The van der Waals surface area contributed by atoms with Gasteiger partial charge in [-0.05, 0) is 29.8 Å². The maximum atomic E-state index is 12.3. The number of carbonyl (C=O) groups excluding carboxylic acids is 2. The smallest absolute Gasteiger partial charge is 0.321 e. The normalized spacial score (nSPS) is 10.2. The summed E-state index contributed by atoms with van der Waals surface area (Å²) in [5.74, 6) is -0.433. The summed E-state index contributed by atoms with van der Waals surface area (Å²) >= 11 is 12.0. The molecule has 4 N–H and O–H groups in total. The fourth-order valence-electron chi connectivity index (χ4n) is 2.00. The van der Waals surface area contributed by atoms with E-state index in [-0.39, 0.29) is 29.0 Å².